The molecule has 2 aromatic rings. The molecule has 0 unspecified atom stereocenters. The third kappa shape index (κ3) is 2.68. The molecule has 0 aliphatic carbocycles. The van der Waals surface area contributed by atoms with Gasteiger partial charge in [0.25, 0.3) is 0 Å². The van der Waals surface area contributed by atoms with Gasteiger partial charge in [0.15, 0.2) is 0 Å². The highest BCUT2D eigenvalue weighted by Gasteiger charge is 2.07. The number of benzene rings is 1. The summed E-state index contributed by atoms with van der Waals surface area (Å²) in [4.78, 5) is 4.17. The van der Waals surface area contributed by atoms with Crippen molar-refractivity contribution in [3.8, 4) is 0 Å². The number of nitrogens with one attached hydrogen (secondary N) is 1. The molecule has 17 heavy (non-hydrogen) atoms. The van der Waals surface area contributed by atoms with Crippen molar-refractivity contribution in [2.24, 2.45) is 7.05 Å². The highest BCUT2D eigenvalue weighted by Crippen LogP contribution is 2.29. The van der Waals surface area contributed by atoms with Crippen LogP contribution in [-0.2, 0) is 13.6 Å². The number of hydrogen-bond acceptors (Lipinski definition) is 2. The van der Waals surface area contributed by atoms with Gasteiger partial charge in [0.2, 0.25) is 0 Å². The van der Waals surface area contributed by atoms with Crippen LogP contribution in [-0.4, -0.2) is 9.55 Å². The number of halogens is 3. The van der Waals surface area contributed by atoms with Crippen LogP contribution < -0.4 is 5.32 Å². The summed E-state index contributed by atoms with van der Waals surface area (Å²) in [5.41, 5.74) is 0.776. The van der Waals surface area contributed by atoms with Crippen molar-refractivity contribution >= 4 is 40.5 Å². The van der Waals surface area contributed by atoms with Gasteiger partial charge in [-0.2, -0.15) is 0 Å². The van der Waals surface area contributed by atoms with E-state index in [1.54, 1.807) is 16.8 Å². The molecule has 1 N–H and O–H groups in total. The van der Waals surface area contributed by atoms with E-state index in [-0.39, 0.29) is 0 Å². The van der Waals surface area contributed by atoms with Gasteiger partial charge in [0.05, 0.1) is 28.5 Å². The number of rotatable bonds is 3. The summed E-state index contributed by atoms with van der Waals surface area (Å²) in [7, 11) is 1.85. The standard InChI is InChI=1S/C11H10Cl3N3/c1-17-9(13)5-16-10(17)6-15-8-4-2-3-7(12)11(8)14/h2-5,15H,6H2,1H3. The second-order valence-electron chi connectivity index (χ2n) is 3.51. The molecular formula is C11H10Cl3N3. The number of imidazole rings is 1. The van der Waals surface area contributed by atoms with Crippen molar-refractivity contribution in [3.05, 3.63) is 45.4 Å². The van der Waals surface area contributed by atoms with E-state index in [1.807, 2.05) is 19.2 Å². The van der Waals surface area contributed by atoms with Crippen LogP contribution in [0.2, 0.25) is 15.2 Å². The Morgan fingerprint density at radius 1 is 1.29 bits per heavy atom. The highest BCUT2D eigenvalue weighted by atomic mass is 35.5. The summed E-state index contributed by atoms with van der Waals surface area (Å²) in [5.74, 6) is 0.825. The Balaban J connectivity index is 2.13. The monoisotopic (exact) mass is 289 g/mol. The van der Waals surface area contributed by atoms with E-state index >= 15 is 0 Å². The molecule has 0 bridgehead atoms. The van der Waals surface area contributed by atoms with Gasteiger partial charge < -0.3 is 9.88 Å². The van der Waals surface area contributed by atoms with Gasteiger partial charge in [-0.15, -0.1) is 0 Å². The third-order valence-corrected chi connectivity index (χ3v) is 3.59. The SMILES string of the molecule is Cn1c(Cl)cnc1CNc1cccc(Cl)c1Cl. The Bertz CT molecular complexity index is 537. The predicted molar refractivity (Wildman–Crippen MR) is 72.0 cm³/mol. The second-order valence-corrected chi connectivity index (χ2v) is 4.68. The maximum absolute atomic E-state index is 6.06. The fourth-order valence-corrected chi connectivity index (χ4v) is 1.92. The molecule has 1 heterocycles. The van der Waals surface area contributed by atoms with E-state index in [0.29, 0.717) is 21.7 Å². The Hall–Kier alpha value is -0.900. The smallest absolute Gasteiger partial charge is 0.128 e. The summed E-state index contributed by atoms with van der Waals surface area (Å²) in [6.07, 6.45) is 1.61. The van der Waals surface area contributed by atoms with Crippen LogP contribution in [0.1, 0.15) is 5.82 Å². The molecule has 2 rings (SSSR count). The zero-order valence-electron chi connectivity index (χ0n) is 9.04. The minimum atomic E-state index is 0.509. The van der Waals surface area contributed by atoms with Crippen LogP contribution in [0, 0.1) is 0 Å². The average Bonchev–Trinajstić information content (AvgIpc) is 2.62. The summed E-state index contributed by atoms with van der Waals surface area (Å²) in [6, 6.07) is 5.44. The minimum absolute atomic E-state index is 0.509. The third-order valence-electron chi connectivity index (χ3n) is 2.42. The molecule has 0 atom stereocenters. The minimum Gasteiger partial charge on any atom is -0.377 e. The van der Waals surface area contributed by atoms with Gasteiger partial charge >= 0.3 is 0 Å². The van der Waals surface area contributed by atoms with Crippen LogP contribution >= 0.6 is 34.8 Å². The number of anilines is 1. The molecular weight excluding hydrogens is 281 g/mol. The van der Waals surface area contributed by atoms with E-state index in [0.717, 1.165) is 11.5 Å². The topological polar surface area (TPSA) is 29.9 Å². The molecule has 90 valence electrons. The summed E-state index contributed by atoms with van der Waals surface area (Å²) in [6.45, 7) is 0.531. The van der Waals surface area contributed by atoms with E-state index in [2.05, 4.69) is 10.3 Å². The molecule has 0 fully saturated rings. The van der Waals surface area contributed by atoms with Gasteiger partial charge in [0.1, 0.15) is 11.0 Å². The molecule has 0 aliphatic heterocycles. The fraction of sp³-hybridized carbons (Fsp3) is 0.182. The van der Waals surface area contributed by atoms with Crippen molar-refractivity contribution in [1.82, 2.24) is 9.55 Å². The second kappa shape index (κ2) is 5.17. The first kappa shape index (κ1) is 12.6. The normalized spacial score (nSPS) is 10.6. The van der Waals surface area contributed by atoms with Gasteiger partial charge in [-0.25, -0.2) is 4.98 Å². The molecule has 0 radical (unpaired) electrons. The zero-order chi connectivity index (χ0) is 12.4. The summed E-state index contributed by atoms with van der Waals surface area (Å²) >= 11 is 17.9. The van der Waals surface area contributed by atoms with Crippen LogP contribution in [0.25, 0.3) is 0 Å². The molecule has 6 heteroatoms. The number of nitrogens with zero attached hydrogens (tertiary/aromatic N) is 2. The predicted octanol–water partition coefficient (Wildman–Crippen LogP) is 3.99. The van der Waals surface area contributed by atoms with E-state index in [9.17, 15) is 0 Å². The van der Waals surface area contributed by atoms with E-state index in [4.69, 9.17) is 34.8 Å². The molecule has 0 aliphatic rings. The first-order valence-electron chi connectivity index (χ1n) is 4.93. The van der Waals surface area contributed by atoms with Gasteiger partial charge in [0, 0.05) is 7.05 Å². The van der Waals surface area contributed by atoms with Crippen LogP contribution in [0.3, 0.4) is 0 Å². The lowest BCUT2D eigenvalue weighted by molar-refractivity contribution is 0.813. The fourth-order valence-electron chi connectivity index (χ4n) is 1.40. The molecule has 0 spiro atoms. The maximum Gasteiger partial charge on any atom is 0.128 e. The zero-order valence-corrected chi connectivity index (χ0v) is 11.3. The van der Waals surface area contributed by atoms with Crippen molar-refractivity contribution in [2.45, 2.75) is 6.54 Å². The maximum atomic E-state index is 6.06. The molecule has 0 saturated heterocycles. The molecule has 0 amide bonds. The van der Waals surface area contributed by atoms with Gasteiger partial charge in [-0.3, -0.25) is 0 Å². The highest BCUT2D eigenvalue weighted by molar-refractivity contribution is 6.43. The Labute approximate surface area is 114 Å². The first-order valence-corrected chi connectivity index (χ1v) is 6.07. The van der Waals surface area contributed by atoms with E-state index in [1.165, 1.54) is 0 Å². The Kier molecular flexibility index (Phi) is 3.82. The number of hydrogen-bond donors (Lipinski definition) is 1. The van der Waals surface area contributed by atoms with Crippen LogP contribution in [0.4, 0.5) is 5.69 Å². The van der Waals surface area contributed by atoms with Crippen molar-refractivity contribution in [3.63, 3.8) is 0 Å². The molecule has 1 aromatic heterocycles. The van der Waals surface area contributed by atoms with E-state index < -0.39 is 0 Å². The summed E-state index contributed by atoms with van der Waals surface area (Å²) < 4.78 is 1.80. The number of aromatic nitrogens is 2. The lowest BCUT2D eigenvalue weighted by atomic mass is 10.3. The van der Waals surface area contributed by atoms with Gasteiger partial charge in [-0.1, -0.05) is 40.9 Å². The average molecular weight is 291 g/mol. The van der Waals surface area contributed by atoms with Crippen molar-refractivity contribution < 1.29 is 0 Å². The first-order chi connectivity index (χ1) is 8.09. The Morgan fingerprint density at radius 2 is 2.06 bits per heavy atom. The molecule has 3 nitrogen and oxygen atoms in total. The molecule has 1 aromatic carbocycles. The van der Waals surface area contributed by atoms with Crippen molar-refractivity contribution in [1.29, 1.82) is 0 Å². The lowest BCUT2D eigenvalue weighted by Gasteiger charge is -2.09. The quantitative estimate of drug-likeness (QED) is 0.926. The Morgan fingerprint density at radius 3 is 2.71 bits per heavy atom. The lowest BCUT2D eigenvalue weighted by Crippen LogP contribution is -2.06. The van der Waals surface area contributed by atoms with Gasteiger partial charge in [-0.05, 0) is 12.1 Å². The van der Waals surface area contributed by atoms with Crippen LogP contribution in [0.15, 0.2) is 24.4 Å². The largest absolute Gasteiger partial charge is 0.377 e. The molecule has 0 saturated carbocycles. The van der Waals surface area contributed by atoms with Crippen molar-refractivity contribution in [2.75, 3.05) is 5.32 Å². The summed E-state index contributed by atoms with van der Waals surface area (Å²) in [5, 5.41) is 4.79. The van der Waals surface area contributed by atoms with Crippen LogP contribution in [0.5, 0.6) is 0 Å².